The van der Waals surface area contributed by atoms with Crippen molar-refractivity contribution in [3.8, 4) is 11.8 Å². The van der Waals surface area contributed by atoms with Crippen molar-refractivity contribution in [1.82, 2.24) is 0 Å². The van der Waals surface area contributed by atoms with E-state index in [-0.39, 0.29) is 17.2 Å². The molecule has 3 unspecified atom stereocenters. The summed E-state index contributed by atoms with van der Waals surface area (Å²) in [6, 6.07) is 15.8. The minimum Gasteiger partial charge on any atom is -0.508 e. The number of anilines is 1. The average molecular weight is 400 g/mol. The Balaban J connectivity index is 1.90. The number of hydrogen-bond acceptors (Lipinski definition) is 6. The number of aromatic hydroxyl groups is 1. The fourth-order valence-electron chi connectivity index (χ4n) is 3.71. The molecule has 2 aromatic carbocycles. The number of alkyl halides is 3. The maximum Gasteiger partial charge on any atom is 0.431 e. The van der Waals surface area contributed by atoms with Gasteiger partial charge in [0.2, 0.25) is 12.1 Å². The number of nitrogens with two attached hydrogens (primary N) is 1. The lowest BCUT2D eigenvalue weighted by atomic mass is 9.76. The molecular weight excluding hydrogens is 385 g/mol. The van der Waals surface area contributed by atoms with Crippen LogP contribution in [-0.4, -0.2) is 23.2 Å². The Kier molecular flexibility index (Phi) is 4.34. The number of ether oxygens (including phenoxy) is 1. The zero-order valence-corrected chi connectivity index (χ0v) is 14.8. The Bertz CT molecular complexity index is 1030. The molecule has 2 aliphatic rings. The number of rotatable bonds is 2. The molecule has 0 saturated heterocycles. The number of nitrogens with zero attached hydrogens (tertiary/aromatic N) is 3. The van der Waals surface area contributed by atoms with Crippen molar-refractivity contribution in [2.45, 2.75) is 18.3 Å². The molecule has 0 amide bonds. The zero-order chi connectivity index (χ0) is 20.8. The summed E-state index contributed by atoms with van der Waals surface area (Å²) in [6.07, 6.45) is -5.91. The first-order valence-corrected chi connectivity index (χ1v) is 8.66. The molecule has 0 fully saturated rings. The SMILES string of the molecule is N#CC1=C(N)OC2C(C(C(F)(F)F)=NN2c2ccccc2)C1c1ccc(O)cc1. The van der Waals surface area contributed by atoms with Crippen molar-refractivity contribution in [3.05, 3.63) is 71.6 Å². The first kappa shape index (κ1) is 18.7. The van der Waals surface area contributed by atoms with Crippen LogP contribution in [0.3, 0.4) is 0 Å². The Morgan fingerprint density at radius 1 is 1.10 bits per heavy atom. The van der Waals surface area contributed by atoms with Crippen molar-refractivity contribution in [3.63, 3.8) is 0 Å². The van der Waals surface area contributed by atoms with E-state index in [0.29, 0.717) is 11.3 Å². The lowest BCUT2D eigenvalue weighted by Gasteiger charge is -2.37. The minimum atomic E-state index is -4.74. The highest BCUT2D eigenvalue weighted by molar-refractivity contribution is 5.96. The Hall–Kier alpha value is -3.67. The normalized spacial score (nSPS) is 23.9. The highest BCUT2D eigenvalue weighted by Gasteiger charge is 2.57. The summed E-state index contributed by atoms with van der Waals surface area (Å²) in [5.74, 6) is -2.64. The van der Waals surface area contributed by atoms with Crippen molar-refractivity contribution in [2.24, 2.45) is 16.8 Å². The predicted molar refractivity (Wildman–Crippen MR) is 98.4 cm³/mol. The van der Waals surface area contributed by atoms with E-state index in [2.05, 4.69) is 5.10 Å². The van der Waals surface area contributed by atoms with Gasteiger partial charge < -0.3 is 15.6 Å². The van der Waals surface area contributed by atoms with Crippen LogP contribution in [0.25, 0.3) is 0 Å². The van der Waals surface area contributed by atoms with Crippen molar-refractivity contribution in [2.75, 3.05) is 5.01 Å². The quantitative estimate of drug-likeness (QED) is 0.804. The molecule has 4 rings (SSSR count). The first-order valence-electron chi connectivity index (χ1n) is 8.66. The molecule has 9 heteroatoms. The van der Waals surface area contributed by atoms with Crippen molar-refractivity contribution < 1.29 is 23.0 Å². The summed E-state index contributed by atoms with van der Waals surface area (Å²) in [6.45, 7) is 0. The monoisotopic (exact) mass is 400 g/mol. The summed E-state index contributed by atoms with van der Waals surface area (Å²) in [7, 11) is 0. The average Bonchev–Trinajstić information content (AvgIpc) is 3.08. The molecule has 0 radical (unpaired) electrons. The Morgan fingerprint density at radius 3 is 2.34 bits per heavy atom. The number of nitriles is 1. The largest absolute Gasteiger partial charge is 0.508 e. The topological polar surface area (TPSA) is 94.9 Å². The third-order valence-electron chi connectivity index (χ3n) is 4.95. The van der Waals surface area contributed by atoms with Gasteiger partial charge in [-0.15, -0.1) is 0 Å². The number of allylic oxidation sites excluding steroid dienone is 1. The van der Waals surface area contributed by atoms with Crippen LogP contribution >= 0.6 is 0 Å². The molecule has 0 saturated carbocycles. The van der Waals surface area contributed by atoms with Gasteiger partial charge in [-0.05, 0) is 29.8 Å². The van der Waals surface area contributed by atoms with Gasteiger partial charge in [-0.1, -0.05) is 30.3 Å². The first-order chi connectivity index (χ1) is 13.8. The van der Waals surface area contributed by atoms with E-state index in [1.807, 2.05) is 6.07 Å². The number of benzene rings is 2. The molecule has 0 aromatic heterocycles. The third-order valence-corrected chi connectivity index (χ3v) is 4.95. The van der Waals surface area contributed by atoms with Gasteiger partial charge in [0, 0.05) is 5.92 Å². The van der Waals surface area contributed by atoms with E-state index >= 15 is 0 Å². The molecule has 29 heavy (non-hydrogen) atoms. The maximum absolute atomic E-state index is 13.9. The summed E-state index contributed by atoms with van der Waals surface area (Å²) in [4.78, 5) is 0. The van der Waals surface area contributed by atoms with Crippen molar-refractivity contribution >= 4 is 11.4 Å². The van der Waals surface area contributed by atoms with Gasteiger partial charge in [-0.3, -0.25) is 0 Å². The number of phenols is 1. The van der Waals surface area contributed by atoms with Crippen LogP contribution in [0.4, 0.5) is 18.9 Å². The van der Waals surface area contributed by atoms with Gasteiger partial charge in [-0.2, -0.15) is 23.5 Å². The van der Waals surface area contributed by atoms with E-state index < -0.39 is 30.0 Å². The maximum atomic E-state index is 13.9. The molecule has 2 aromatic rings. The summed E-state index contributed by atoms with van der Waals surface area (Å²) >= 11 is 0. The minimum absolute atomic E-state index is 0.0464. The number of hydrazone groups is 1. The fraction of sp³-hybridized carbons (Fsp3) is 0.200. The van der Waals surface area contributed by atoms with Crippen LogP contribution in [0.2, 0.25) is 0 Å². The molecule has 2 aliphatic heterocycles. The molecule has 3 N–H and O–H groups in total. The van der Waals surface area contributed by atoms with Crippen molar-refractivity contribution in [1.29, 1.82) is 5.26 Å². The fourth-order valence-corrected chi connectivity index (χ4v) is 3.71. The molecule has 6 nitrogen and oxygen atoms in total. The number of phenolic OH excluding ortho intramolecular Hbond substituents is 1. The van der Waals surface area contributed by atoms with E-state index in [0.717, 1.165) is 5.01 Å². The second kappa shape index (κ2) is 6.74. The Labute approximate surface area is 163 Å². The summed E-state index contributed by atoms with van der Waals surface area (Å²) in [5, 5.41) is 24.1. The van der Waals surface area contributed by atoms with E-state index in [4.69, 9.17) is 10.5 Å². The van der Waals surface area contributed by atoms with Crippen LogP contribution in [0.5, 0.6) is 5.75 Å². The van der Waals surface area contributed by atoms with Crippen LogP contribution in [0, 0.1) is 17.2 Å². The lowest BCUT2D eigenvalue weighted by molar-refractivity contribution is -0.0658. The second-order valence-corrected chi connectivity index (χ2v) is 6.66. The smallest absolute Gasteiger partial charge is 0.431 e. The van der Waals surface area contributed by atoms with E-state index in [1.165, 1.54) is 24.3 Å². The zero-order valence-electron chi connectivity index (χ0n) is 14.8. The summed E-state index contributed by atoms with van der Waals surface area (Å²) < 4.78 is 47.3. The van der Waals surface area contributed by atoms with E-state index in [1.54, 1.807) is 30.3 Å². The number of para-hydroxylation sites is 1. The number of halogens is 3. The highest BCUT2D eigenvalue weighted by Crippen LogP contribution is 2.48. The predicted octanol–water partition coefficient (Wildman–Crippen LogP) is 3.58. The van der Waals surface area contributed by atoms with Crippen LogP contribution in [0.15, 0.2) is 71.2 Å². The molecule has 148 valence electrons. The molecule has 0 spiro atoms. The molecule has 0 bridgehead atoms. The third kappa shape index (κ3) is 3.12. The van der Waals surface area contributed by atoms with Gasteiger partial charge >= 0.3 is 6.18 Å². The summed E-state index contributed by atoms with van der Waals surface area (Å²) in [5.41, 5.74) is 5.56. The van der Waals surface area contributed by atoms with Crippen LogP contribution in [-0.2, 0) is 4.74 Å². The van der Waals surface area contributed by atoms with Crippen LogP contribution < -0.4 is 10.7 Å². The molecule has 0 aliphatic carbocycles. The Morgan fingerprint density at radius 2 is 1.76 bits per heavy atom. The van der Waals surface area contributed by atoms with Crippen LogP contribution in [0.1, 0.15) is 11.5 Å². The lowest BCUT2D eigenvalue weighted by Crippen LogP contribution is -2.46. The molecule has 2 heterocycles. The standard InChI is InChI=1S/C20H15F3N4O2/c21-20(22,23)17-16-15(11-6-8-13(28)9-7-11)14(10-24)18(25)29-19(16)27(26-17)12-4-2-1-3-5-12/h1-9,15-16,19,28H,25H2. The van der Waals surface area contributed by atoms with Gasteiger partial charge in [0.15, 0.2) is 5.71 Å². The van der Waals surface area contributed by atoms with E-state index in [9.17, 15) is 23.5 Å². The molecular formula is C20H15F3N4O2. The second-order valence-electron chi connectivity index (χ2n) is 6.66. The van der Waals surface area contributed by atoms with Gasteiger partial charge in [0.05, 0.1) is 17.2 Å². The number of fused-ring (bicyclic) bond motifs is 1. The highest BCUT2D eigenvalue weighted by atomic mass is 19.4. The van der Waals surface area contributed by atoms with Gasteiger partial charge in [0.1, 0.15) is 11.8 Å². The van der Waals surface area contributed by atoms with Gasteiger partial charge in [-0.25, -0.2) is 5.01 Å². The molecule has 3 atom stereocenters. The number of hydrogen-bond donors (Lipinski definition) is 2. The van der Waals surface area contributed by atoms with Gasteiger partial charge in [0.25, 0.3) is 0 Å².